The van der Waals surface area contributed by atoms with Gasteiger partial charge in [0.15, 0.2) is 5.13 Å². The second-order valence-corrected chi connectivity index (χ2v) is 7.41. The predicted molar refractivity (Wildman–Crippen MR) is 85.7 cm³/mol. The van der Waals surface area contributed by atoms with Crippen LogP contribution >= 0.6 is 11.3 Å². The Balaban J connectivity index is 1.83. The number of thiazole rings is 1. The molecular weight excluding hydrogens is 286 g/mol. The molecule has 5 nitrogen and oxygen atoms in total. The quantitative estimate of drug-likeness (QED) is 0.891. The lowest BCUT2D eigenvalue weighted by molar-refractivity contribution is 0.0514. The lowest BCUT2D eigenvalue weighted by Gasteiger charge is -2.32. The molecule has 2 unspecified atom stereocenters. The van der Waals surface area contributed by atoms with Gasteiger partial charge in [-0.15, -0.1) is 11.3 Å². The molecular formula is C15H25N3O2S. The van der Waals surface area contributed by atoms with Crippen molar-refractivity contribution < 1.29 is 9.53 Å². The number of hydrogen-bond donors (Lipinski definition) is 2. The number of carbonyl (C=O) groups is 1. The molecule has 1 saturated carbocycles. The number of anilines is 1. The van der Waals surface area contributed by atoms with E-state index in [9.17, 15) is 4.79 Å². The third-order valence-corrected chi connectivity index (χ3v) is 4.26. The van der Waals surface area contributed by atoms with E-state index in [0.717, 1.165) is 18.0 Å². The topological polar surface area (TPSA) is 63.2 Å². The average molecular weight is 311 g/mol. The molecule has 2 N–H and O–H groups in total. The van der Waals surface area contributed by atoms with Crippen molar-refractivity contribution in [3.8, 4) is 0 Å². The van der Waals surface area contributed by atoms with Crippen LogP contribution in [0.5, 0.6) is 0 Å². The summed E-state index contributed by atoms with van der Waals surface area (Å²) in [5.41, 5.74) is -0.449. The summed E-state index contributed by atoms with van der Waals surface area (Å²) in [5, 5.41) is 9.33. The molecule has 2 atom stereocenters. The standard InChI is InChI=1S/C15H25N3O2S/c1-15(2,3)20-14(19)17-10-11-6-4-5-7-12(11)18-13-16-8-9-21-13/h8-9,11-12H,4-7,10H2,1-3H3,(H,16,18)(H,17,19). The molecule has 0 saturated heterocycles. The first-order valence-electron chi connectivity index (χ1n) is 7.57. The highest BCUT2D eigenvalue weighted by Crippen LogP contribution is 2.27. The van der Waals surface area contributed by atoms with Crippen molar-refractivity contribution >= 4 is 22.6 Å². The zero-order chi connectivity index (χ0) is 15.3. The van der Waals surface area contributed by atoms with Crippen LogP contribution in [-0.2, 0) is 4.74 Å². The minimum Gasteiger partial charge on any atom is -0.444 e. The van der Waals surface area contributed by atoms with Crippen LogP contribution in [-0.4, -0.2) is 29.3 Å². The predicted octanol–water partition coefficient (Wildman–Crippen LogP) is 3.64. The van der Waals surface area contributed by atoms with Gasteiger partial charge < -0.3 is 15.4 Å². The molecule has 0 spiro atoms. The normalized spacial score (nSPS) is 22.6. The fourth-order valence-electron chi connectivity index (χ4n) is 2.62. The summed E-state index contributed by atoms with van der Waals surface area (Å²) in [6, 6.07) is 0.375. The minimum absolute atomic E-state index is 0.332. The molecule has 1 aromatic heterocycles. The van der Waals surface area contributed by atoms with E-state index in [4.69, 9.17) is 4.74 Å². The molecule has 0 aromatic carbocycles. The fraction of sp³-hybridized carbons (Fsp3) is 0.733. The second-order valence-electron chi connectivity index (χ2n) is 6.52. The van der Waals surface area contributed by atoms with Crippen LogP contribution in [0.3, 0.4) is 0 Å². The molecule has 1 aromatic rings. The maximum atomic E-state index is 11.8. The Labute approximate surface area is 130 Å². The first-order valence-corrected chi connectivity index (χ1v) is 8.45. The van der Waals surface area contributed by atoms with Crippen LogP contribution in [0.15, 0.2) is 11.6 Å². The third-order valence-electron chi connectivity index (χ3n) is 3.56. The molecule has 1 fully saturated rings. The van der Waals surface area contributed by atoms with Gasteiger partial charge >= 0.3 is 6.09 Å². The molecule has 0 radical (unpaired) electrons. The molecule has 0 aliphatic heterocycles. The van der Waals surface area contributed by atoms with Gasteiger partial charge in [-0.05, 0) is 39.5 Å². The molecule has 6 heteroatoms. The number of alkyl carbamates (subject to hydrolysis) is 1. The number of nitrogens with one attached hydrogen (secondary N) is 2. The molecule has 21 heavy (non-hydrogen) atoms. The Kier molecular flexibility index (Phi) is 5.45. The molecule has 1 aliphatic rings. The van der Waals surface area contributed by atoms with Crippen LogP contribution < -0.4 is 10.6 Å². The first kappa shape index (κ1) is 16.1. The van der Waals surface area contributed by atoms with Crippen molar-refractivity contribution in [3.63, 3.8) is 0 Å². The van der Waals surface area contributed by atoms with E-state index >= 15 is 0 Å². The van der Waals surface area contributed by atoms with Gasteiger partial charge in [0.25, 0.3) is 0 Å². The van der Waals surface area contributed by atoms with Gasteiger partial charge in [0.1, 0.15) is 5.60 Å². The zero-order valence-electron chi connectivity index (χ0n) is 13.0. The van der Waals surface area contributed by atoms with Gasteiger partial charge in [-0.2, -0.15) is 0 Å². The summed E-state index contributed by atoms with van der Waals surface area (Å²) < 4.78 is 5.29. The lowest BCUT2D eigenvalue weighted by Crippen LogP contribution is -2.42. The number of carbonyl (C=O) groups excluding carboxylic acids is 1. The van der Waals surface area contributed by atoms with Crippen LogP contribution in [0.4, 0.5) is 9.93 Å². The molecule has 2 rings (SSSR count). The number of ether oxygens (including phenoxy) is 1. The summed E-state index contributed by atoms with van der Waals surface area (Å²) >= 11 is 1.62. The van der Waals surface area contributed by atoms with Crippen molar-refractivity contribution in [2.45, 2.75) is 58.1 Å². The number of nitrogens with zero attached hydrogens (tertiary/aromatic N) is 1. The fourth-order valence-corrected chi connectivity index (χ4v) is 3.22. The molecule has 1 amide bonds. The van der Waals surface area contributed by atoms with Crippen LogP contribution in [0.2, 0.25) is 0 Å². The Bertz CT molecular complexity index is 442. The Morgan fingerprint density at radius 1 is 1.43 bits per heavy atom. The van der Waals surface area contributed by atoms with Crippen molar-refractivity contribution in [3.05, 3.63) is 11.6 Å². The largest absolute Gasteiger partial charge is 0.444 e. The first-order chi connectivity index (χ1) is 9.94. The number of aromatic nitrogens is 1. The van der Waals surface area contributed by atoms with Gasteiger partial charge in [0, 0.05) is 24.2 Å². The van der Waals surface area contributed by atoms with E-state index in [0.29, 0.717) is 18.5 Å². The van der Waals surface area contributed by atoms with E-state index in [1.807, 2.05) is 32.3 Å². The minimum atomic E-state index is -0.449. The van der Waals surface area contributed by atoms with E-state index in [-0.39, 0.29) is 6.09 Å². The second kappa shape index (κ2) is 7.11. The Morgan fingerprint density at radius 2 is 2.19 bits per heavy atom. The summed E-state index contributed by atoms with van der Waals surface area (Å²) in [7, 11) is 0. The van der Waals surface area contributed by atoms with Crippen molar-refractivity contribution in [2.75, 3.05) is 11.9 Å². The zero-order valence-corrected chi connectivity index (χ0v) is 13.8. The molecule has 118 valence electrons. The van der Waals surface area contributed by atoms with E-state index in [1.165, 1.54) is 12.8 Å². The number of amides is 1. The smallest absolute Gasteiger partial charge is 0.407 e. The van der Waals surface area contributed by atoms with E-state index in [1.54, 1.807) is 11.3 Å². The number of hydrogen-bond acceptors (Lipinski definition) is 5. The van der Waals surface area contributed by atoms with Gasteiger partial charge in [0.05, 0.1) is 0 Å². The maximum absolute atomic E-state index is 11.8. The van der Waals surface area contributed by atoms with E-state index < -0.39 is 5.60 Å². The lowest BCUT2D eigenvalue weighted by atomic mass is 9.84. The van der Waals surface area contributed by atoms with Crippen LogP contribution in [0.1, 0.15) is 46.5 Å². The third kappa shape index (κ3) is 5.53. The van der Waals surface area contributed by atoms with Crippen molar-refractivity contribution in [1.29, 1.82) is 0 Å². The van der Waals surface area contributed by atoms with Gasteiger partial charge in [-0.1, -0.05) is 12.8 Å². The summed E-state index contributed by atoms with van der Waals surface area (Å²) in [6.07, 6.45) is 6.17. The van der Waals surface area contributed by atoms with Crippen LogP contribution in [0, 0.1) is 5.92 Å². The molecule has 1 aliphatic carbocycles. The highest BCUT2D eigenvalue weighted by atomic mass is 32.1. The van der Waals surface area contributed by atoms with Crippen molar-refractivity contribution in [1.82, 2.24) is 10.3 Å². The van der Waals surface area contributed by atoms with Crippen molar-refractivity contribution in [2.24, 2.45) is 5.92 Å². The van der Waals surface area contributed by atoms with Gasteiger partial charge in [0.2, 0.25) is 0 Å². The molecule has 0 bridgehead atoms. The average Bonchev–Trinajstić information content (AvgIpc) is 2.88. The molecule has 1 heterocycles. The van der Waals surface area contributed by atoms with Gasteiger partial charge in [-0.3, -0.25) is 0 Å². The van der Waals surface area contributed by atoms with Crippen LogP contribution in [0.25, 0.3) is 0 Å². The highest BCUT2D eigenvalue weighted by molar-refractivity contribution is 7.13. The summed E-state index contributed by atoms with van der Waals surface area (Å²) in [6.45, 7) is 6.28. The van der Waals surface area contributed by atoms with Gasteiger partial charge in [-0.25, -0.2) is 9.78 Å². The monoisotopic (exact) mass is 311 g/mol. The highest BCUT2D eigenvalue weighted by Gasteiger charge is 2.26. The number of rotatable bonds is 4. The summed E-state index contributed by atoms with van der Waals surface area (Å²) in [4.78, 5) is 16.0. The van der Waals surface area contributed by atoms with E-state index in [2.05, 4.69) is 15.6 Å². The SMILES string of the molecule is CC(C)(C)OC(=O)NCC1CCCCC1Nc1nccs1. The Morgan fingerprint density at radius 3 is 2.86 bits per heavy atom. The Hall–Kier alpha value is -1.30. The summed E-state index contributed by atoms with van der Waals surface area (Å²) in [5.74, 6) is 0.426. The maximum Gasteiger partial charge on any atom is 0.407 e.